The first-order chi connectivity index (χ1) is 7.66. The minimum Gasteiger partial charge on any atom is -0.493 e. The average Bonchev–Trinajstić information content (AvgIpc) is 2.72. The summed E-state index contributed by atoms with van der Waals surface area (Å²) < 4.78 is 5.41. The first kappa shape index (κ1) is 11.5. The SMILES string of the molecule is CC(C)SCC(=O)c1ccc2c(c1)CCO2. The van der Waals surface area contributed by atoms with E-state index in [1.807, 2.05) is 18.2 Å². The zero-order valence-electron chi connectivity index (χ0n) is 9.66. The molecule has 86 valence electrons. The number of rotatable bonds is 4. The van der Waals surface area contributed by atoms with Crippen LogP contribution in [0.2, 0.25) is 0 Å². The maximum absolute atomic E-state index is 11.9. The van der Waals surface area contributed by atoms with E-state index in [-0.39, 0.29) is 5.78 Å². The third kappa shape index (κ3) is 2.59. The number of hydrogen-bond acceptors (Lipinski definition) is 3. The molecule has 0 saturated carbocycles. The topological polar surface area (TPSA) is 26.3 Å². The van der Waals surface area contributed by atoms with Crippen LogP contribution in [0, 0.1) is 0 Å². The van der Waals surface area contributed by atoms with Gasteiger partial charge in [-0.1, -0.05) is 13.8 Å². The van der Waals surface area contributed by atoms with Crippen molar-refractivity contribution in [2.24, 2.45) is 0 Å². The van der Waals surface area contributed by atoms with Crippen LogP contribution in [-0.4, -0.2) is 23.4 Å². The number of fused-ring (bicyclic) bond motifs is 1. The van der Waals surface area contributed by atoms with E-state index in [0.29, 0.717) is 11.0 Å². The van der Waals surface area contributed by atoms with E-state index in [0.717, 1.165) is 24.3 Å². The van der Waals surface area contributed by atoms with Gasteiger partial charge in [-0.15, -0.1) is 0 Å². The average molecular weight is 236 g/mol. The van der Waals surface area contributed by atoms with Gasteiger partial charge in [0.1, 0.15) is 5.75 Å². The number of thioether (sulfide) groups is 1. The van der Waals surface area contributed by atoms with E-state index >= 15 is 0 Å². The molecule has 2 rings (SSSR count). The van der Waals surface area contributed by atoms with E-state index in [4.69, 9.17) is 4.74 Å². The Morgan fingerprint density at radius 3 is 3.06 bits per heavy atom. The fraction of sp³-hybridized carbons (Fsp3) is 0.462. The van der Waals surface area contributed by atoms with Gasteiger partial charge >= 0.3 is 0 Å². The fourth-order valence-electron chi connectivity index (χ4n) is 1.69. The van der Waals surface area contributed by atoms with Gasteiger partial charge < -0.3 is 4.74 Å². The minimum absolute atomic E-state index is 0.216. The number of benzene rings is 1. The lowest BCUT2D eigenvalue weighted by molar-refractivity contribution is 0.102. The van der Waals surface area contributed by atoms with Crippen molar-refractivity contribution in [2.75, 3.05) is 12.4 Å². The summed E-state index contributed by atoms with van der Waals surface area (Å²) >= 11 is 1.69. The molecule has 0 N–H and O–H groups in total. The molecule has 0 atom stereocenters. The zero-order valence-corrected chi connectivity index (χ0v) is 10.5. The van der Waals surface area contributed by atoms with Gasteiger partial charge in [0.05, 0.1) is 12.4 Å². The predicted molar refractivity (Wildman–Crippen MR) is 67.6 cm³/mol. The first-order valence-corrected chi connectivity index (χ1v) is 6.62. The summed E-state index contributed by atoms with van der Waals surface area (Å²) in [6.07, 6.45) is 0.924. The van der Waals surface area contributed by atoms with Gasteiger partial charge in [0.25, 0.3) is 0 Å². The Hall–Kier alpha value is -0.960. The second kappa shape index (κ2) is 4.91. The van der Waals surface area contributed by atoms with Crippen molar-refractivity contribution in [3.8, 4) is 5.75 Å². The van der Waals surface area contributed by atoms with E-state index in [2.05, 4.69) is 13.8 Å². The van der Waals surface area contributed by atoms with Crippen molar-refractivity contribution in [3.05, 3.63) is 29.3 Å². The molecule has 0 bridgehead atoms. The molecule has 0 fully saturated rings. The maximum Gasteiger partial charge on any atom is 0.172 e. The van der Waals surface area contributed by atoms with Crippen LogP contribution in [0.5, 0.6) is 5.75 Å². The number of Topliss-reactive ketones (excluding diaryl/α,β-unsaturated/α-hetero) is 1. The lowest BCUT2D eigenvalue weighted by atomic mass is 10.1. The van der Waals surface area contributed by atoms with Crippen LogP contribution in [0.15, 0.2) is 18.2 Å². The summed E-state index contributed by atoms with van der Waals surface area (Å²) in [5, 5.41) is 0.502. The van der Waals surface area contributed by atoms with E-state index in [1.165, 1.54) is 5.56 Å². The van der Waals surface area contributed by atoms with Crippen LogP contribution < -0.4 is 4.74 Å². The number of hydrogen-bond donors (Lipinski definition) is 0. The van der Waals surface area contributed by atoms with E-state index < -0.39 is 0 Å². The molecule has 1 aliphatic heterocycles. The molecule has 2 nitrogen and oxygen atoms in total. The second-order valence-electron chi connectivity index (χ2n) is 4.20. The van der Waals surface area contributed by atoms with Gasteiger partial charge in [0.2, 0.25) is 0 Å². The molecule has 0 radical (unpaired) electrons. The molecule has 0 unspecified atom stereocenters. The summed E-state index contributed by atoms with van der Waals surface area (Å²) in [6.45, 7) is 4.96. The van der Waals surface area contributed by atoms with Crippen molar-refractivity contribution >= 4 is 17.5 Å². The standard InChI is InChI=1S/C13H16O2S/c1-9(2)16-8-12(14)10-3-4-13-11(7-10)5-6-15-13/h3-4,7,9H,5-6,8H2,1-2H3. The Labute approximate surface area is 100 Å². The monoisotopic (exact) mass is 236 g/mol. The summed E-state index contributed by atoms with van der Waals surface area (Å²) in [6, 6.07) is 5.76. The van der Waals surface area contributed by atoms with Gasteiger partial charge in [-0.2, -0.15) is 11.8 Å². The molecule has 0 spiro atoms. The van der Waals surface area contributed by atoms with Crippen molar-refractivity contribution in [2.45, 2.75) is 25.5 Å². The number of carbonyl (C=O) groups excluding carboxylic acids is 1. The van der Waals surface area contributed by atoms with Gasteiger partial charge in [-0.3, -0.25) is 4.79 Å². The Kier molecular flexibility index (Phi) is 3.54. The molecule has 3 heteroatoms. The van der Waals surface area contributed by atoms with Crippen LogP contribution in [0.3, 0.4) is 0 Å². The van der Waals surface area contributed by atoms with Gasteiger partial charge in [0.15, 0.2) is 5.78 Å². The maximum atomic E-state index is 11.9. The lowest BCUT2D eigenvalue weighted by Crippen LogP contribution is -2.05. The molecule has 0 amide bonds. The minimum atomic E-state index is 0.216. The second-order valence-corrected chi connectivity index (χ2v) is 5.77. The van der Waals surface area contributed by atoms with Crippen molar-refractivity contribution in [3.63, 3.8) is 0 Å². The first-order valence-electron chi connectivity index (χ1n) is 5.57. The summed E-state index contributed by atoms with van der Waals surface area (Å²) in [5.41, 5.74) is 1.98. The largest absolute Gasteiger partial charge is 0.493 e. The van der Waals surface area contributed by atoms with Crippen LogP contribution in [0.4, 0.5) is 0 Å². The Bertz CT molecular complexity index is 399. The van der Waals surface area contributed by atoms with Crippen molar-refractivity contribution in [1.82, 2.24) is 0 Å². The Balaban J connectivity index is 2.06. The van der Waals surface area contributed by atoms with Gasteiger partial charge in [0, 0.05) is 12.0 Å². The fourth-order valence-corrected chi connectivity index (χ4v) is 2.34. The highest BCUT2D eigenvalue weighted by Gasteiger charge is 2.15. The van der Waals surface area contributed by atoms with E-state index in [1.54, 1.807) is 11.8 Å². The summed E-state index contributed by atoms with van der Waals surface area (Å²) in [4.78, 5) is 11.9. The molecular formula is C13H16O2S. The Morgan fingerprint density at radius 2 is 2.31 bits per heavy atom. The van der Waals surface area contributed by atoms with Crippen LogP contribution in [0.25, 0.3) is 0 Å². The molecule has 0 aliphatic carbocycles. The summed E-state index contributed by atoms with van der Waals surface area (Å²) in [5.74, 6) is 1.72. The van der Waals surface area contributed by atoms with Crippen LogP contribution >= 0.6 is 11.8 Å². The highest BCUT2D eigenvalue weighted by molar-refractivity contribution is 8.00. The molecule has 1 aromatic rings. The van der Waals surface area contributed by atoms with Crippen LogP contribution in [0.1, 0.15) is 29.8 Å². The normalized spacial score (nSPS) is 13.7. The van der Waals surface area contributed by atoms with Crippen molar-refractivity contribution < 1.29 is 9.53 Å². The lowest BCUT2D eigenvalue weighted by Gasteiger charge is -2.05. The van der Waals surface area contributed by atoms with Gasteiger partial charge in [-0.25, -0.2) is 0 Å². The molecule has 0 aromatic heterocycles. The van der Waals surface area contributed by atoms with E-state index in [9.17, 15) is 4.79 Å². The molecule has 1 aromatic carbocycles. The number of ether oxygens (including phenoxy) is 1. The van der Waals surface area contributed by atoms with Crippen molar-refractivity contribution in [1.29, 1.82) is 0 Å². The highest BCUT2D eigenvalue weighted by Crippen LogP contribution is 2.26. The molecule has 16 heavy (non-hydrogen) atoms. The quantitative estimate of drug-likeness (QED) is 0.752. The zero-order chi connectivity index (χ0) is 11.5. The number of ketones is 1. The molecular weight excluding hydrogens is 220 g/mol. The third-order valence-electron chi connectivity index (χ3n) is 2.56. The smallest absolute Gasteiger partial charge is 0.172 e. The highest BCUT2D eigenvalue weighted by atomic mass is 32.2. The Morgan fingerprint density at radius 1 is 1.50 bits per heavy atom. The van der Waals surface area contributed by atoms with Crippen LogP contribution in [-0.2, 0) is 6.42 Å². The predicted octanol–water partition coefficient (Wildman–Crippen LogP) is 2.95. The van der Waals surface area contributed by atoms with Gasteiger partial charge in [-0.05, 0) is 29.0 Å². The third-order valence-corrected chi connectivity index (χ3v) is 3.65. The summed E-state index contributed by atoms with van der Waals surface area (Å²) in [7, 11) is 0. The molecule has 1 heterocycles. The molecule has 0 saturated heterocycles. The molecule has 1 aliphatic rings. The number of carbonyl (C=O) groups is 1.